The van der Waals surface area contributed by atoms with E-state index >= 15 is 0 Å². The van der Waals surface area contributed by atoms with Crippen molar-refractivity contribution < 1.29 is 0 Å². The van der Waals surface area contributed by atoms with Gasteiger partial charge in [0, 0.05) is 17.0 Å². The molecule has 20 heavy (non-hydrogen) atoms. The lowest BCUT2D eigenvalue weighted by molar-refractivity contribution is 0.274. The summed E-state index contributed by atoms with van der Waals surface area (Å²) in [6.07, 6.45) is 5.33. The number of hydrogen-bond acceptors (Lipinski definition) is 3. The molecule has 0 unspecified atom stereocenters. The summed E-state index contributed by atoms with van der Waals surface area (Å²) in [5.74, 6) is 0. The number of thiophene rings is 1. The Morgan fingerprint density at radius 3 is 2.50 bits per heavy atom. The van der Waals surface area contributed by atoms with Crippen molar-refractivity contribution in [3.63, 3.8) is 0 Å². The predicted octanol–water partition coefficient (Wildman–Crippen LogP) is 4.52. The lowest BCUT2D eigenvalue weighted by Crippen LogP contribution is -2.36. The molecule has 0 saturated carbocycles. The maximum Gasteiger partial charge on any atom is 0.0327 e. The summed E-state index contributed by atoms with van der Waals surface area (Å²) in [7, 11) is 0. The summed E-state index contributed by atoms with van der Waals surface area (Å²) in [6, 6.07) is 4.39. The minimum Gasteiger partial charge on any atom is -0.312 e. The summed E-state index contributed by atoms with van der Waals surface area (Å²) < 4.78 is 0. The fourth-order valence-electron chi connectivity index (χ4n) is 2.25. The van der Waals surface area contributed by atoms with Crippen LogP contribution in [0, 0.1) is 0 Å². The highest BCUT2D eigenvalue weighted by atomic mass is 32.1. The fraction of sp³-hybridized carbons (Fsp3) is 0.765. The van der Waals surface area contributed by atoms with E-state index in [4.69, 9.17) is 0 Å². The quantitative estimate of drug-likeness (QED) is 0.639. The number of rotatable bonds is 10. The van der Waals surface area contributed by atoms with Crippen molar-refractivity contribution in [2.45, 2.75) is 65.5 Å². The molecule has 1 rings (SSSR count). The molecule has 1 aromatic rings. The smallest absolute Gasteiger partial charge is 0.0327 e. The molecular formula is C17H32N2S. The molecule has 1 aromatic heterocycles. The van der Waals surface area contributed by atoms with Crippen LogP contribution in [-0.4, -0.2) is 30.1 Å². The molecule has 0 atom stereocenters. The van der Waals surface area contributed by atoms with E-state index in [0.717, 1.165) is 19.6 Å². The third-order valence-corrected chi connectivity index (χ3v) is 4.32. The summed E-state index contributed by atoms with van der Waals surface area (Å²) in [4.78, 5) is 4.04. The molecule has 1 heterocycles. The second-order valence-corrected chi connectivity index (χ2v) is 7.57. The van der Waals surface area contributed by atoms with E-state index in [1.54, 1.807) is 0 Å². The first kappa shape index (κ1) is 17.7. The lowest BCUT2D eigenvalue weighted by atomic mass is 10.1. The summed E-state index contributed by atoms with van der Waals surface area (Å²) in [5, 5.41) is 5.73. The third-order valence-electron chi connectivity index (χ3n) is 3.46. The van der Waals surface area contributed by atoms with Gasteiger partial charge in [0.25, 0.3) is 0 Å². The highest BCUT2D eigenvalue weighted by Gasteiger charge is 2.07. The minimum absolute atomic E-state index is 0.264. The minimum atomic E-state index is 0.264. The standard InChI is InChI=1S/C17H32N2S/c1-5-19(15-16-11-10-14-20-16)13-9-7-6-8-12-18-17(2,3)4/h10-11,14,18H,5-9,12-13,15H2,1-4H3. The summed E-state index contributed by atoms with van der Waals surface area (Å²) in [6.45, 7) is 13.6. The molecule has 0 amide bonds. The molecule has 0 aliphatic heterocycles. The summed E-state index contributed by atoms with van der Waals surface area (Å²) >= 11 is 1.87. The van der Waals surface area contributed by atoms with Crippen molar-refractivity contribution in [3.05, 3.63) is 22.4 Å². The molecule has 116 valence electrons. The maximum atomic E-state index is 3.55. The van der Waals surface area contributed by atoms with Gasteiger partial charge in [-0.15, -0.1) is 11.3 Å². The van der Waals surface area contributed by atoms with E-state index in [9.17, 15) is 0 Å². The van der Waals surface area contributed by atoms with Crippen LogP contribution in [0.1, 0.15) is 58.3 Å². The van der Waals surface area contributed by atoms with Gasteiger partial charge in [-0.2, -0.15) is 0 Å². The number of unbranched alkanes of at least 4 members (excludes halogenated alkanes) is 3. The van der Waals surface area contributed by atoms with E-state index in [1.165, 1.54) is 37.1 Å². The van der Waals surface area contributed by atoms with Gasteiger partial charge in [-0.05, 0) is 64.7 Å². The van der Waals surface area contributed by atoms with Crippen LogP contribution in [-0.2, 0) is 6.54 Å². The molecule has 0 bridgehead atoms. The molecule has 2 nitrogen and oxygen atoms in total. The zero-order valence-corrected chi connectivity index (χ0v) is 14.6. The maximum absolute atomic E-state index is 3.55. The van der Waals surface area contributed by atoms with E-state index < -0.39 is 0 Å². The Morgan fingerprint density at radius 2 is 1.90 bits per heavy atom. The molecule has 0 spiro atoms. The Bertz CT molecular complexity index is 327. The molecule has 0 aliphatic rings. The van der Waals surface area contributed by atoms with Crippen LogP contribution in [0.5, 0.6) is 0 Å². The number of nitrogens with zero attached hydrogens (tertiary/aromatic N) is 1. The van der Waals surface area contributed by atoms with Gasteiger partial charge in [0.15, 0.2) is 0 Å². The predicted molar refractivity (Wildman–Crippen MR) is 91.5 cm³/mol. The van der Waals surface area contributed by atoms with Crippen molar-refractivity contribution in [3.8, 4) is 0 Å². The average Bonchev–Trinajstić information content (AvgIpc) is 2.87. The van der Waals surface area contributed by atoms with Crippen molar-refractivity contribution in [2.24, 2.45) is 0 Å². The first-order valence-electron chi connectivity index (χ1n) is 8.01. The molecule has 0 aromatic carbocycles. The van der Waals surface area contributed by atoms with Gasteiger partial charge in [0.05, 0.1) is 0 Å². The average molecular weight is 297 g/mol. The van der Waals surface area contributed by atoms with Crippen LogP contribution < -0.4 is 5.32 Å². The Balaban J connectivity index is 2.01. The first-order valence-corrected chi connectivity index (χ1v) is 8.89. The zero-order valence-electron chi connectivity index (χ0n) is 13.7. The lowest BCUT2D eigenvalue weighted by Gasteiger charge is -2.21. The van der Waals surface area contributed by atoms with Gasteiger partial charge < -0.3 is 5.32 Å². The van der Waals surface area contributed by atoms with E-state index in [1.807, 2.05) is 11.3 Å². The van der Waals surface area contributed by atoms with Crippen LogP contribution in [0.4, 0.5) is 0 Å². The largest absolute Gasteiger partial charge is 0.312 e. The van der Waals surface area contributed by atoms with Crippen molar-refractivity contribution >= 4 is 11.3 Å². The topological polar surface area (TPSA) is 15.3 Å². The Kier molecular flexibility index (Phi) is 8.43. The molecule has 0 radical (unpaired) electrons. The molecule has 0 fully saturated rings. The SMILES string of the molecule is CCN(CCCCCCNC(C)(C)C)Cc1cccs1. The second kappa shape index (κ2) is 9.54. The van der Waals surface area contributed by atoms with Gasteiger partial charge in [-0.1, -0.05) is 25.8 Å². The zero-order chi connectivity index (χ0) is 14.8. The second-order valence-electron chi connectivity index (χ2n) is 6.54. The van der Waals surface area contributed by atoms with Crippen LogP contribution >= 0.6 is 11.3 Å². The van der Waals surface area contributed by atoms with Crippen molar-refractivity contribution in [2.75, 3.05) is 19.6 Å². The molecular weight excluding hydrogens is 264 g/mol. The Morgan fingerprint density at radius 1 is 1.15 bits per heavy atom. The molecule has 3 heteroatoms. The van der Waals surface area contributed by atoms with Crippen LogP contribution in [0.3, 0.4) is 0 Å². The van der Waals surface area contributed by atoms with Crippen molar-refractivity contribution in [1.82, 2.24) is 10.2 Å². The third kappa shape index (κ3) is 8.72. The van der Waals surface area contributed by atoms with E-state index in [-0.39, 0.29) is 5.54 Å². The monoisotopic (exact) mass is 296 g/mol. The highest BCUT2D eigenvalue weighted by Crippen LogP contribution is 2.12. The number of nitrogens with one attached hydrogen (secondary N) is 1. The molecule has 0 aliphatic carbocycles. The summed E-state index contributed by atoms with van der Waals surface area (Å²) in [5.41, 5.74) is 0.264. The van der Waals surface area contributed by atoms with Gasteiger partial charge in [-0.25, -0.2) is 0 Å². The van der Waals surface area contributed by atoms with Gasteiger partial charge in [0.2, 0.25) is 0 Å². The van der Waals surface area contributed by atoms with Gasteiger partial charge in [0.1, 0.15) is 0 Å². The van der Waals surface area contributed by atoms with Crippen LogP contribution in [0.15, 0.2) is 17.5 Å². The van der Waals surface area contributed by atoms with Gasteiger partial charge >= 0.3 is 0 Å². The van der Waals surface area contributed by atoms with E-state index in [0.29, 0.717) is 0 Å². The van der Waals surface area contributed by atoms with Crippen molar-refractivity contribution in [1.29, 1.82) is 0 Å². The number of hydrogen-bond donors (Lipinski definition) is 1. The van der Waals surface area contributed by atoms with Gasteiger partial charge in [-0.3, -0.25) is 4.90 Å². The normalized spacial score (nSPS) is 12.2. The fourth-order valence-corrected chi connectivity index (χ4v) is 3.00. The molecule has 1 N–H and O–H groups in total. The Hall–Kier alpha value is -0.380. The Labute approximate surface area is 129 Å². The van der Waals surface area contributed by atoms with Crippen LogP contribution in [0.25, 0.3) is 0 Å². The van der Waals surface area contributed by atoms with E-state index in [2.05, 4.69) is 55.4 Å². The van der Waals surface area contributed by atoms with Crippen LogP contribution in [0.2, 0.25) is 0 Å². The highest BCUT2D eigenvalue weighted by molar-refractivity contribution is 7.09. The molecule has 0 saturated heterocycles. The first-order chi connectivity index (χ1) is 9.51.